The molecule has 1 aromatic rings. The number of rotatable bonds is 5. The molecule has 0 saturated heterocycles. The van der Waals surface area contributed by atoms with E-state index in [4.69, 9.17) is 6.42 Å². The maximum atomic E-state index is 12.0. The summed E-state index contributed by atoms with van der Waals surface area (Å²) >= 11 is 0. The van der Waals surface area contributed by atoms with Crippen LogP contribution in [-0.4, -0.2) is 35.4 Å². The van der Waals surface area contributed by atoms with E-state index in [0.717, 1.165) is 5.69 Å². The molecule has 0 saturated carbocycles. The molecule has 1 N–H and O–H groups in total. The molecule has 0 bridgehead atoms. The van der Waals surface area contributed by atoms with Gasteiger partial charge in [0.05, 0.1) is 6.54 Å². The first-order chi connectivity index (χ1) is 8.22. The third-order valence-electron chi connectivity index (χ3n) is 2.42. The smallest absolute Gasteiger partial charge is 0.272 e. The van der Waals surface area contributed by atoms with E-state index in [2.05, 4.69) is 16.2 Å². The second kappa shape index (κ2) is 6.54. The van der Waals surface area contributed by atoms with Crippen LogP contribution in [0.3, 0.4) is 0 Å². The van der Waals surface area contributed by atoms with E-state index in [1.807, 2.05) is 13.8 Å². The van der Waals surface area contributed by atoms with Gasteiger partial charge in [-0.1, -0.05) is 5.92 Å². The van der Waals surface area contributed by atoms with Crippen LogP contribution in [0.25, 0.3) is 0 Å². The Morgan fingerprint density at radius 1 is 1.53 bits per heavy atom. The summed E-state index contributed by atoms with van der Waals surface area (Å²) in [4.78, 5) is 17.8. The highest BCUT2D eigenvalue weighted by atomic mass is 16.2. The lowest BCUT2D eigenvalue weighted by molar-refractivity contribution is 0.0767. The summed E-state index contributed by atoms with van der Waals surface area (Å²) in [6.07, 6.45) is 6.77. The Balaban J connectivity index is 2.84. The van der Waals surface area contributed by atoms with Crippen molar-refractivity contribution >= 4 is 11.6 Å². The molecule has 1 heterocycles. The SMILES string of the molecule is C#CCNc1ccnc(C(=O)N(CC)CC)c1. The minimum atomic E-state index is -0.0562. The maximum absolute atomic E-state index is 12.0. The van der Waals surface area contributed by atoms with Crippen molar-refractivity contribution in [3.05, 3.63) is 24.0 Å². The molecule has 0 aromatic carbocycles. The predicted octanol–water partition coefficient (Wildman–Crippen LogP) is 1.61. The van der Waals surface area contributed by atoms with Crippen molar-refractivity contribution in [3.8, 4) is 12.3 Å². The molecule has 17 heavy (non-hydrogen) atoms. The number of amides is 1. The normalized spacial score (nSPS) is 9.47. The molecule has 4 heteroatoms. The van der Waals surface area contributed by atoms with Gasteiger partial charge in [-0.25, -0.2) is 0 Å². The Morgan fingerprint density at radius 2 is 2.24 bits per heavy atom. The lowest BCUT2D eigenvalue weighted by atomic mass is 10.2. The number of anilines is 1. The third-order valence-corrected chi connectivity index (χ3v) is 2.42. The van der Waals surface area contributed by atoms with Gasteiger partial charge in [0.2, 0.25) is 0 Å². The number of hydrogen-bond acceptors (Lipinski definition) is 3. The fourth-order valence-corrected chi connectivity index (χ4v) is 1.48. The van der Waals surface area contributed by atoms with Crippen LogP contribution in [0.15, 0.2) is 18.3 Å². The molecule has 1 amide bonds. The van der Waals surface area contributed by atoms with Crippen LogP contribution < -0.4 is 5.32 Å². The number of nitrogens with zero attached hydrogens (tertiary/aromatic N) is 2. The van der Waals surface area contributed by atoms with Crippen LogP contribution in [-0.2, 0) is 0 Å². The fraction of sp³-hybridized carbons (Fsp3) is 0.385. The summed E-state index contributed by atoms with van der Waals surface area (Å²) < 4.78 is 0. The second-order valence-electron chi connectivity index (χ2n) is 3.46. The molecule has 90 valence electrons. The first-order valence-corrected chi connectivity index (χ1v) is 5.65. The standard InChI is InChI=1S/C13H17N3O/c1-4-8-14-11-7-9-15-12(10-11)13(17)16(5-2)6-3/h1,7,9-10H,5-6,8H2,2-3H3,(H,14,15). The zero-order chi connectivity index (χ0) is 12.7. The van der Waals surface area contributed by atoms with Crippen molar-refractivity contribution in [2.75, 3.05) is 25.0 Å². The van der Waals surface area contributed by atoms with Crippen LogP contribution in [0.4, 0.5) is 5.69 Å². The van der Waals surface area contributed by atoms with E-state index in [-0.39, 0.29) is 5.91 Å². The molecular formula is C13H17N3O. The van der Waals surface area contributed by atoms with Gasteiger partial charge >= 0.3 is 0 Å². The van der Waals surface area contributed by atoms with E-state index in [1.165, 1.54) is 0 Å². The molecule has 1 rings (SSSR count). The molecule has 0 spiro atoms. The first kappa shape index (κ1) is 13.0. The maximum Gasteiger partial charge on any atom is 0.272 e. The number of nitrogens with one attached hydrogen (secondary N) is 1. The molecule has 0 radical (unpaired) electrons. The van der Waals surface area contributed by atoms with Crippen LogP contribution >= 0.6 is 0 Å². The van der Waals surface area contributed by atoms with Crippen molar-refractivity contribution in [1.29, 1.82) is 0 Å². The highest BCUT2D eigenvalue weighted by molar-refractivity contribution is 5.93. The third kappa shape index (κ3) is 3.49. The Kier molecular flexibility index (Phi) is 5.02. The van der Waals surface area contributed by atoms with E-state index >= 15 is 0 Å². The number of hydrogen-bond donors (Lipinski definition) is 1. The van der Waals surface area contributed by atoms with Gasteiger partial charge in [-0.15, -0.1) is 6.42 Å². The number of carbonyl (C=O) groups is 1. The Morgan fingerprint density at radius 3 is 2.82 bits per heavy atom. The molecule has 0 atom stereocenters. The van der Waals surface area contributed by atoms with Crippen molar-refractivity contribution in [2.24, 2.45) is 0 Å². The second-order valence-corrected chi connectivity index (χ2v) is 3.46. The molecule has 1 aromatic heterocycles. The van der Waals surface area contributed by atoms with Crippen molar-refractivity contribution < 1.29 is 4.79 Å². The molecule has 0 aliphatic rings. The van der Waals surface area contributed by atoms with Crippen LogP contribution in [0, 0.1) is 12.3 Å². The molecule has 4 nitrogen and oxygen atoms in total. The van der Waals surface area contributed by atoms with Gasteiger partial charge in [0.1, 0.15) is 5.69 Å². The number of terminal acetylenes is 1. The van der Waals surface area contributed by atoms with Gasteiger partial charge in [-0.3, -0.25) is 9.78 Å². The molecule has 0 fully saturated rings. The van der Waals surface area contributed by atoms with E-state index < -0.39 is 0 Å². The minimum Gasteiger partial charge on any atom is -0.374 e. The van der Waals surface area contributed by atoms with Gasteiger partial charge in [-0.2, -0.15) is 0 Å². The quantitative estimate of drug-likeness (QED) is 0.783. The first-order valence-electron chi connectivity index (χ1n) is 5.65. The van der Waals surface area contributed by atoms with Gasteiger partial charge in [0.25, 0.3) is 5.91 Å². The summed E-state index contributed by atoms with van der Waals surface area (Å²) in [6.45, 7) is 5.69. The summed E-state index contributed by atoms with van der Waals surface area (Å²) in [6, 6.07) is 3.51. The average Bonchev–Trinajstić information content (AvgIpc) is 2.38. The number of aromatic nitrogens is 1. The summed E-state index contributed by atoms with van der Waals surface area (Å²) in [5.74, 6) is 2.43. The average molecular weight is 231 g/mol. The molecule has 0 aliphatic heterocycles. The summed E-state index contributed by atoms with van der Waals surface area (Å²) in [5, 5.41) is 3.02. The van der Waals surface area contributed by atoms with Crippen molar-refractivity contribution in [2.45, 2.75) is 13.8 Å². The van der Waals surface area contributed by atoms with E-state index in [1.54, 1.807) is 23.2 Å². The largest absolute Gasteiger partial charge is 0.374 e. The lowest BCUT2D eigenvalue weighted by Crippen LogP contribution is -2.31. The van der Waals surface area contributed by atoms with Crippen LogP contribution in [0.1, 0.15) is 24.3 Å². The summed E-state index contributed by atoms with van der Waals surface area (Å²) in [7, 11) is 0. The molecule has 0 aliphatic carbocycles. The Labute approximate surface area is 102 Å². The highest BCUT2D eigenvalue weighted by Gasteiger charge is 2.13. The van der Waals surface area contributed by atoms with Crippen molar-refractivity contribution in [3.63, 3.8) is 0 Å². The molecular weight excluding hydrogens is 214 g/mol. The topological polar surface area (TPSA) is 45.2 Å². The summed E-state index contributed by atoms with van der Waals surface area (Å²) in [5.41, 5.74) is 1.25. The monoisotopic (exact) mass is 231 g/mol. The lowest BCUT2D eigenvalue weighted by Gasteiger charge is -2.18. The fourth-order valence-electron chi connectivity index (χ4n) is 1.48. The van der Waals surface area contributed by atoms with Gasteiger partial charge in [-0.05, 0) is 26.0 Å². The van der Waals surface area contributed by atoms with Crippen LogP contribution in [0.5, 0.6) is 0 Å². The van der Waals surface area contributed by atoms with E-state index in [9.17, 15) is 4.79 Å². The highest BCUT2D eigenvalue weighted by Crippen LogP contribution is 2.09. The number of carbonyl (C=O) groups excluding carboxylic acids is 1. The number of pyridine rings is 1. The predicted molar refractivity (Wildman–Crippen MR) is 68.8 cm³/mol. The van der Waals surface area contributed by atoms with Gasteiger partial charge in [0, 0.05) is 25.0 Å². The Hall–Kier alpha value is -2.02. The molecule has 0 unspecified atom stereocenters. The zero-order valence-electron chi connectivity index (χ0n) is 10.2. The van der Waals surface area contributed by atoms with E-state index in [0.29, 0.717) is 25.3 Å². The Bertz CT molecular complexity index is 419. The minimum absolute atomic E-state index is 0.0562. The van der Waals surface area contributed by atoms with Gasteiger partial charge < -0.3 is 10.2 Å². The van der Waals surface area contributed by atoms with Crippen LogP contribution in [0.2, 0.25) is 0 Å². The zero-order valence-corrected chi connectivity index (χ0v) is 10.2. The van der Waals surface area contributed by atoms with Gasteiger partial charge in [0.15, 0.2) is 0 Å². The van der Waals surface area contributed by atoms with Crippen molar-refractivity contribution in [1.82, 2.24) is 9.88 Å².